The van der Waals surface area contributed by atoms with Crippen molar-refractivity contribution >= 4 is 0 Å². The molecule has 0 aromatic heterocycles. The summed E-state index contributed by atoms with van der Waals surface area (Å²) in [7, 11) is 4.55. The highest BCUT2D eigenvalue weighted by molar-refractivity contribution is 4.77. The molecule has 1 saturated heterocycles. The molecule has 2 nitrogen and oxygen atoms in total. The van der Waals surface area contributed by atoms with Gasteiger partial charge in [0.05, 0.1) is 0 Å². The fraction of sp³-hybridized carbons (Fsp3) is 1.00. The van der Waals surface area contributed by atoms with Crippen LogP contribution in [0.3, 0.4) is 0 Å². The normalized spacial score (nSPS) is 23.6. The van der Waals surface area contributed by atoms with Gasteiger partial charge in [-0.3, -0.25) is 0 Å². The van der Waals surface area contributed by atoms with Gasteiger partial charge in [-0.15, -0.1) is 0 Å². The van der Waals surface area contributed by atoms with Gasteiger partial charge in [-0.25, -0.2) is 0 Å². The Morgan fingerprint density at radius 3 is 2.73 bits per heavy atom. The number of rotatable bonds is 6. The van der Waals surface area contributed by atoms with E-state index in [1.807, 2.05) is 0 Å². The van der Waals surface area contributed by atoms with Crippen LogP contribution < -0.4 is 0 Å². The van der Waals surface area contributed by atoms with E-state index in [2.05, 4.69) is 30.8 Å². The molecule has 1 aliphatic heterocycles. The Balaban J connectivity index is 2.12. The molecule has 0 saturated carbocycles. The molecule has 0 aliphatic carbocycles. The molecule has 1 aliphatic rings. The van der Waals surface area contributed by atoms with Gasteiger partial charge in [0.15, 0.2) is 0 Å². The van der Waals surface area contributed by atoms with Crippen molar-refractivity contribution in [1.82, 2.24) is 9.80 Å². The van der Waals surface area contributed by atoms with E-state index >= 15 is 0 Å². The molecule has 1 fully saturated rings. The zero-order valence-electron chi connectivity index (χ0n) is 10.8. The van der Waals surface area contributed by atoms with Gasteiger partial charge in [-0.1, -0.05) is 26.2 Å². The van der Waals surface area contributed by atoms with Gasteiger partial charge in [0.1, 0.15) is 0 Å². The molecule has 0 aromatic rings. The summed E-state index contributed by atoms with van der Waals surface area (Å²) in [5.41, 5.74) is 0. The molecule has 15 heavy (non-hydrogen) atoms. The molecule has 1 rings (SSSR count). The second kappa shape index (κ2) is 7.24. The fourth-order valence-electron chi connectivity index (χ4n) is 2.47. The summed E-state index contributed by atoms with van der Waals surface area (Å²) in [4.78, 5) is 5.04. The molecule has 2 heteroatoms. The van der Waals surface area contributed by atoms with Crippen LogP contribution in [0.5, 0.6) is 0 Å². The summed E-state index contributed by atoms with van der Waals surface area (Å²) < 4.78 is 0. The molecule has 0 unspecified atom stereocenters. The zero-order chi connectivity index (χ0) is 11.1. The molecular formula is C13H28N2. The lowest BCUT2D eigenvalue weighted by atomic mass is 10.0. The van der Waals surface area contributed by atoms with Crippen molar-refractivity contribution in [2.45, 2.75) is 51.5 Å². The first-order valence-electron chi connectivity index (χ1n) is 6.62. The second-order valence-electron chi connectivity index (χ2n) is 5.10. The Hall–Kier alpha value is -0.0800. The summed E-state index contributed by atoms with van der Waals surface area (Å²) in [6.45, 7) is 6.13. The van der Waals surface area contributed by atoms with E-state index < -0.39 is 0 Å². The molecule has 0 aromatic carbocycles. The van der Waals surface area contributed by atoms with Crippen molar-refractivity contribution in [2.75, 3.05) is 33.7 Å². The van der Waals surface area contributed by atoms with Crippen LogP contribution in [0.1, 0.15) is 45.4 Å². The van der Waals surface area contributed by atoms with Crippen molar-refractivity contribution < 1.29 is 0 Å². The maximum atomic E-state index is 2.57. The third-order valence-corrected chi connectivity index (χ3v) is 3.59. The van der Waals surface area contributed by atoms with Gasteiger partial charge in [-0.05, 0) is 46.4 Å². The van der Waals surface area contributed by atoms with E-state index in [-0.39, 0.29) is 0 Å². The summed E-state index contributed by atoms with van der Waals surface area (Å²) in [6.07, 6.45) is 8.30. The minimum atomic E-state index is 0.811. The zero-order valence-corrected chi connectivity index (χ0v) is 10.8. The smallest absolute Gasteiger partial charge is 0.0220 e. The molecule has 0 radical (unpaired) electrons. The number of hydrogen-bond acceptors (Lipinski definition) is 2. The Morgan fingerprint density at radius 2 is 2.07 bits per heavy atom. The number of nitrogens with zero attached hydrogens (tertiary/aromatic N) is 2. The number of piperidine rings is 1. The first-order valence-corrected chi connectivity index (χ1v) is 6.62. The molecule has 1 atom stereocenters. The largest absolute Gasteiger partial charge is 0.305 e. The van der Waals surface area contributed by atoms with Crippen LogP contribution in [0.15, 0.2) is 0 Å². The van der Waals surface area contributed by atoms with Crippen molar-refractivity contribution in [3.63, 3.8) is 0 Å². The third-order valence-electron chi connectivity index (χ3n) is 3.59. The summed E-state index contributed by atoms with van der Waals surface area (Å²) >= 11 is 0. The minimum absolute atomic E-state index is 0.811. The Kier molecular flexibility index (Phi) is 6.26. The maximum Gasteiger partial charge on any atom is 0.0220 e. The lowest BCUT2D eigenvalue weighted by Gasteiger charge is -2.35. The van der Waals surface area contributed by atoms with Crippen molar-refractivity contribution in [1.29, 1.82) is 0 Å². The molecule has 1 heterocycles. The van der Waals surface area contributed by atoms with Gasteiger partial charge in [-0.2, -0.15) is 0 Å². The summed E-state index contributed by atoms with van der Waals surface area (Å²) in [5, 5.41) is 0. The van der Waals surface area contributed by atoms with Crippen LogP contribution in [0, 0.1) is 0 Å². The van der Waals surface area contributed by atoms with Crippen LogP contribution in [-0.2, 0) is 0 Å². The maximum absolute atomic E-state index is 2.57. The van der Waals surface area contributed by atoms with Gasteiger partial charge in [0.2, 0.25) is 0 Å². The van der Waals surface area contributed by atoms with Crippen LogP contribution in [0.4, 0.5) is 0 Å². The average molecular weight is 212 g/mol. The first kappa shape index (κ1) is 13.0. The van der Waals surface area contributed by atoms with Crippen molar-refractivity contribution in [3.05, 3.63) is 0 Å². The Morgan fingerprint density at radius 1 is 1.27 bits per heavy atom. The van der Waals surface area contributed by atoms with E-state index in [0.717, 1.165) is 6.04 Å². The number of likely N-dealkylation sites (N-methyl/N-ethyl adjacent to an activating group) is 2. The van der Waals surface area contributed by atoms with Crippen LogP contribution in [-0.4, -0.2) is 49.6 Å². The van der Waals surface area contributed by atoms with E-state index in [1.165, 1.54) is 58.2 Å². The second-order valence-corrected chi connectivity index (χ2v) is 5.10. The quantitative estimate of drug-likeness (QED) is 0.624. The third kappa shape index (κ3) is 4.98. The number of unbranched alkanes of at least 4 members (excludes halogenated alkanes) is 3. The van der Waals surface area contributed by atoms with Gasteiger partial charge in [0, 0.05) is 12.6 Å². The van der Waals surface area contributed by atoms with Gasteiger partial charge >= 0.3 is 0 Å². The Labute approximate surface area is 95.6 Å². The van der Waals surface area contributed by atoms with E-state index in [4.69, 9.17) is 0 Å². The van der Waals surface area contributed by atoms with Crippen molar-refractivity contribution in [3.8, 4) is 0 Å². The standard InChI is InChI=1S/C13H28N2/c1-4-5-6-7-11-15(3)13-9-8-10-14(2)12-13/h13H,4-12H2,1-3H3/t13-/m0/s1. The van der Waals surface area contributed by atoms with Crippen LogP contribution in [0.2, 0.25) is 0 Å². The molecule has 90 valence electrons. The van der Waals surface area contributed by atoms with E-state index in [9.17, 15) is 0 Å². The van der Waals surface area contributed by atoms with Gasteiger partial charge < -0.3 is 9.80 Å². The number of likely N-dealkylation sites (tertiary alicyclic amines) is 1. The topological polar surface area (TPSA) is 6.48 Å². The highest BCUT2D eigenvalue weighted by Gasteiger charge is 2.20. The Bertz CT molecular complexity index is 159. The van der Waals surface area contributed by atoms with E-state index in [0.29, 0.717) is 0 Å². The molecule has 0 N–H and O–H groups in total. The number of hydrogen-bond donors (Lipinski definition) is 0. The lowest BCUT2D eigenvalue weighted by molar-refractivity contribution is 0.133. The summed E-state index contributed by atoms with van der Waals surface area (Å²) in [6, 6.07) is 0.811. The molecule has 0 bridgehead atoms. The highest BCUT2D eigenvalue weighted by atomic mass is 15.2. The minimum Gasteiger partial charge on any atom is -0.305 e. The SMILES string of the molecule is CCCCCCN(C)[C@H]1CCCN(C)C1. The van der Waals surface area contributed by atoms with Crippen LogP contribution in [0.25, 0.3) is 0 Å². The lowest BCUT2D eigenvalue weighted by Crippen LogP contribution is -2.45. The molecule has 0 spiro atoms. The molecular weight excluding hydrogens is 184 g/mol. The monoisotopic (exact) mass is 212 g/mol. The molecule has 0 amide bonds. The summed E-state index contributed by atoms with van der Waals surface area (Å²) in [5.74, 6) is 0. The predicted molar refractivity (Wildman–Crippen MR) is 67.3 cm³/mol. The fourth-order valence-corrected chi connectivity index (χ4v) is 2.47. The predicted octanol–water partition coefficient (Wildman–Crippen LogP) is 2.59. The van der Waals surface area contributed by atoms with Crippen molar-refractivity contribution in [2.24, 2.45) is 0 Å². The average Bonchev–Trinajstić information content (AvgIpc) is 2.24. The highest BCUT2D eigenvalue weighted by Crippen LogP contribution is 2.14. The first-order chi connectivity index (χ1) is 7.24. The van der Waals surface area contributed by atoms with Crippen LogP contribution >= 0.6 is 0 Å². The van der Waals surface area contributed by atoms with E-state index in [1.54, 1.807) is 0 Å². The van der Waals surface area contributed by atoms with Gasteiger partial charge in [0.25, 0.3) is 0 Å².